The molecule has 0 saturated carbocycles. The summed E-state index contributed by atoms with van der Waals surface area (Å²) >= 11 is 0. The average Bonchev–Trinajstić information content (AvgIpc) is 2.49. The highest BCUT2D eigenvalue weighted by molar-refractivity contribution is 5.73. The largest absolute Gasteiger partial charge is 0.508 e. The molecule has 1 aliphatic heterocycles. The number of carbonyl (C=O) groups excluding carboxylic acids is 1. The highest BCUT2D eigenvalue weighted by Crippen LogP contribution is 2.11. The van der Waals surface area contributed by atoms with Crippen molar-refractivity contribution < 1.29 is 14.6 Å². The van der Waals surface area contributed by atoms with Crippen molar-refractivity contribution in [3.05, 3.63) is 29.8 Å². The summed E-state index contributed by atoms with van der Waals surface area (Å²) in [5, 5.41) is 15.0. The van der Waals surface area contributed by atoms with Crippen molar-refractivity contribution in [2.75, 3.05) is 26.2 Å². The van der Waals surface area contributed by atoms with Crippen LogP contribution in [0.15, 0.2) is 24.3 Å². The Bertz CT molecular complexity index is 500. The zero-order valence-electron chi connectivity index (χ0n) is 13.9. The standard InChI is InChI=1S/C17H27N3O3/c1-13-11-20(12-14(2)23-13)8-4-7-18-17(22)19-10-15-5-3-6-16(21)9-15/h3,5-6,9,13-14,21H,4,7-8,10-12H2,1-2H3,(H2,18,19,22). The number of phenolic OH excluding ortho intramolecular Hbond substituents is 1. The van der Waals surface area contributed by atoms with Crippen LogP contribution in [0.3, 0.4) is 0 Å². The van der Waals surface area contributed by atoms with Crippen molar-refractivity contribution in [2.45, 2.75) is 39.0 Å². The minimum atomic E-state index is -0.183. The Morgan fingerprint density at radius 3 is 2.74 bits per heavy atom. The maximum Gasteiger partial charge on any atom is 0.315 e. The van der Waals surface area contributed by atoms with E-state index in [0.717, 1.165) is 31.6 Å². The fourth-order valence-electron chi connectivity index (χ4n) is 2.88. The Kier molecular flexibility index (Phi) is 6.67. The lowest BCUT2D eigenvalue weighted by Gasteiger charge is -2.35. The summed E-state index contributed by atoms with van der Waals surface area (Å²) in [6.07, 6.45) is 1.47. The van der Waals surface area contributed by atoms with Gasteiger partial charge in [0.1, 0.15) is 5.75 Å². The van der Waals surface area contributed by atoms with Crippen LogP contribution < -0.4 is 10.6 Å². The molecule has 3 N–H and O–H groups in total. The molecule has 128 valence electrons. The number of aromatic hydroxyl groups is 1. The maximum absolute atomic E-state index is 11.7. The van der Waals surface area contributed by atoms with E-state index in [2.05, 4.69) is 29.4 Å². The first kappa shape index (κ1) is 17.6. The number of morpholine rings is 1. The van der Waals surface area contributed by atoms with Gasteiger partial charge in [0.05, 0.1) is 12.2 Å². The van der Waals surface area contributed by atoms with Gasteiger partial charge in [0.15, 0.2) is 0 Å². The topological polar surface area (TPSA) is 73.8 Å². The lowest BCUT2D eigenvalue weighted by Crippen LogP contribution is -2.46. The third-order valence-corrected chi connectivity index (χ3v) is 3.80. The molecule has 0 aliphatic carbocycles. The molecule has 0 radical (unpaired) electrons. The van der Waals surface area contributed by atoms with Crippen molar-refractivity contribution in [2.24, 2.45) is 0 Å². The molecule has 2 unspecified atom stereocenters. The van der Waals surface area contributed by atoms with Crippen LogP contribution >= 0.6 is 0 Å². The number of carbonyl (C=O) groups is 1. The molecule has 1 fully saturated rings. The number of ether oxygens (including phenoxy) is 1. The molecule has 1 heterocycles. The molecular formula is C17H27N3O3. The van der Waals surface area contributed by atoms with Gasteiger partial charge in [-0.15, -0.1) is 0 Å². The summed E-state index contributed by atoms with van der Waals surface area (Å²) in [6, 6.07) is 6.69. The van der Waals surface area contributed by atoms with Gasteiger partial charge in [-0.1, -0.05) is 12.1 Å². The average molecular weight is 321 g/mol. The molecule has 0 spiro atoms. The molecule has 0 bridgehead atoms. The van der Waals surface area contributed by atoms with Crippen LogP contribution in [0.5, 0.6) is 5.75 Å². The van der Waals surface area contributed by atoms with Gasteiger partial charge in [-0.05, 0) is 38.0 Å². The first-order valence-corrected chi connectivity index (χ1v) is 8.20. The molecule has 2 rings (SSSR count). The van der Waals surface area contributed by atoms with Gasteiger partial charge in [0.25, 0.3) is 0 Å². The smallest absolute Gasteiger partial charge is 0.315 e. The van der Waals surface area contributed by atoms with Gasteiger partial charge < -0.3 is 20.5 Å². The number of rotatable bonds is 6. The van der Waals surface area contributed by atoms with Crippen LogP contribution in [-0.2, 0) is 11.3 Å². The van der Waals surface area contributed by atoms with Gasteiger partial charge in [-0.2, -0.15) is 0 Å². The second-order valence-electron chi connectivity index (χ2n) is 6.15. The fourth-order valence-corrected chi connectivity index (χ4v) is 2.88. The molecule has 1 aliphatic rings. The van der Waals surface area contributed by atoms with Gasteiger partial charge in [0, 0.05) is 32.7 Å². The number of urea groups is 1. The zero-order chi connectivity index (χ0) is 16.7. The lowest BCUT2D eigenvalue weighted by molar-refractivity contribution is -0.0679. The number of benzene rings is 1. The molecule has 1 aromatic rings. The van der Waals surface area contributed by atoms with Crippen LogP contribution in [0.4, 0.5) is 4.79 Å². The number of hydrogen-bond donors (Lipinski definition) is 3. The molecule has 6 nitrogen and oxygen atoms in total. The van der Waals surface area contributed by atoms with E-state index in [9.17, 15) is 9.90 Å². The Balaban J connectivity index is 1.58. The fraction of sp³-hybridized carbons (Fsp3) is 0.588. The van der Waals surface area contributed by atoms with Crippen molar-refractivity contribution in [3.63, 3.8) is 0 Å². The van der Waals surface area contributed by atoms with Gasteiger partial charge in [0.2, 0.25) is 0 Å². The summed E-state index contributed by atoms with van der Waals surface area (Å²) in [4.78, 5) is 14.1. The first-order chi connectivity index (χ1) is 11.0. The van der Waals surface area contributed by atoms with Crippen LogP contribution in [0.2, 0.25) is 0 Å². The Labute approximate surface area is 137 Å². The van der Waals surface area contributed by atoms with Crippen molar-refractivity contribution in [1.82, 2.24) is 15.5 Å². The molecule has 2 amide bonds. The molecule has 1 saturated heterocycles. The number of amides is 2. The summed E-state index contributed by atoms with van der Waals surface area (Å²) in [7, 11) is 0. The van der Waals surface area contributed by atoms with E-state index < -0.39 is 0 Å². The van der Waals surface area contributed by atoms with E-state index in [4.69, 9.17) is 4.74 Å². The SMILES string of the molecule is CC1CN(CCCNC(=O)NCc2cccc(O)c2)CC(C)O1. The van der Waals surface area contributed by atoms with E-state index >= 15 is 0 Å². The number of hydrogen-bond acceptors (Lipinski definition) is 4. The number of nitrogens with one attached hydrogen (secondary N) is 2. The maximum atomic E-state index is 11.7. The van der Waals surface area contributed by atoms with Crippen LogP contribution in [-0.4, -0.2) is 54.4 Å². The monoisotopic (exact) mass is 321 g/mol. The quantitative estimate of drug-likeness (QED) is 0.697. The Hall–Kier alpha value is -1.79. The molecule has 2 atom stereocenters. The minimum absolute atomic E-state index is 0.183. The molecule has 1 aromatic carbocycles. The lowest BCUT2D eigenvalue weighted by atomic mass is 10.2. The van der Waals surface area contributed by atoms with Gasteiger partial charge in [-0.3, -0.25) is 4.90 Å². The Morgan fingerprint density at radius 2 is 2.04 bits per heavy atom. The normalized spacial score (nSPS) is 21.8. The van der Waals surface area contributed by atoms with Gasteiger partial charge >= 0.3 is 6.03 Å². The van der Waals surface area contributed by atoms with E-state index in [1.165, 1.54) is 0 Å². The van der Waals surface area contributed by atoms with Crippen LogP contribution in [0, 0.1) is 0 Å². The van der Waals surface area contributed by atoms with E-state index in [0.29, 0.717) is 13.1 Å². The van der Waals surface area contributed by atoms with Crippen molar-refractivity contribution >= 4 is 6.03 Å². The predicted molar refractivity (Wildman–Crippen MR) is 89.4 cm³/mol. The number of nitrogens with zero attached hydrogens (tertiary/aromatic N) is 1. The van der Waals surface area contributed by atoms with E-state index in [1.54, 1.807) is 18.2 Å². The predicted octanol–water partition coefficient (Wildman–Crippen LogP) is 1.69. The highest BCUT2D eigenvalue weighted by atomic mass is 16.5. The second-order valence-corrected chi connectivity index (χ2v) is 6.15. The van der Waals surface area contributed by atoms with Crippen LogP contribution in [0.25, 0.3) is 0 Å². The summed E-state index contributed by atoms with van der Waals surface area (Å²) in [5.74, 6) is 0.207. The molecular weight excluding hydrogens is 294 g/mol. The molecule has 6 heteroatoms. The second kappa shape index (κ2) is 8.74. The highest BCUT2D eigenvalue weighted by Gasteiger charge is 2.21. The Morgan fingerprint density at radius 1 is 1.30 bits per heavy atom. The van der Waals surface area contributed by atoms with Crippen LogP contribution in [0.1, 0.15) is 25.8 Å². The first-order valence-electron chi connectivity index (χ1n) is 8.20. The zero-order valence-corrected chi connectivity index (χ0v) is 13.9. The van der Waals surface area contributed by atoms with Gasteiger partial charge in [-0.25, -0.2) is 4.79 Å². The molecule has 23 heavy (non-hydrogen) atoms. The third kappa shape index (κ3) is 6.46. The van der Waals surface area contributed by atoms with E-state index in [1.807, 2.05) is 6.07 Å². The van der Waals surface area contributed by atoms with Crippen molar-refractivity contribution in [1.29, 1.82) is 0 Å². The summed E-state index contributed by atoms with van der Waals surface area (Å²) in [5.41, 5.74) is 0.872. The summed E-state index contributed by atoms with van der Waals surface area (Å²) < 4.78 is 5.70. The number of phenols is 1. The van der Waals surface area contributed by atoms with Crippen molar-refractivity contribution in [3.8, 4) is 5.75 Å². The minimum Gasteiger partial charge on any atom is -0.508 e. The molecule has 0 aromatic heterocycles. The van der Waals surface area contributed by atoms with E-state index in [-0.39, 0.29) is 24.0 Å². The summed E-state index contributed by atoms with van der Waals surface area (Å²) in [6.45, 7) is 8.10. The third-order valence-electron chi connectivity index (χ3n) is 3.80.